The Labute approximate surface area is 157 Å². The Morgan fingerprint density at radius 3 is 2.62 bits per heavy atom. The molecule has 0 aliphatic heterocycles. The summed E-state index contributed by atoms with van der Waals surface area (Å²) in [4.78, 5) is 12.6. The molecule has 0 saturated heterocycles. The molecule has 0 saturated carbocycles. The van der Waals surface area contributed by atoms with E-state index in [0.29, 0.717) is 5.16 Å². The molecule has 0 aliphatic rings. The summed E-state index contributed by atoms with van der Waals surface area (Å²) in [6, 6.07) is 14.0. The van der Waals surface area contributed by atoms with Gasteiger partial charge in [-0.3, -0.25) is 9.36 Å². The Hall–Kier alpha value is -2.60. The van der Waals surface area contributed by atoms with Gasteiger partial charge in [0.1, 0.15) is 6.33 Å². The maximum atomic E-state index is 12.6. The van der Waals surface area contributed by atoms with Crippen LogP contribution in [-0.4, -0.2) is 25.9 Å². The maximum Gasteiger partial charge on any atom is 0.237 e. The Morgan fingerprint density at radius 2 is 1.88 bits per heavy atom. The van der Waals surface area contributed by atoms with E-state index in [0.717, 1.165) is 22.5 Å². The van der Waals surface area contributed by atoms with Crippen LogP contribution in [-0.2, 0) is 4.79 Å². The van der Waals surface area contributed by atoms with Gasteiger partial charge in [0.15, 0.2) is 5.16 Å². The van der Waals surface area contributed by atoms with Crippen molar-refractivity contribution in [1.29, 1.82) is 0 Å². The lowest BCUT2D eigenvalue weighted by molar-refractivity contribution is -0.115. The van der Waals surface area contributed by atoms with Crippen LogP contribution in [0, 0.1) is 20.8 Å². The third kappa shape index (κ3) is 3.96. The van der Waals surface area contributed by atoms with Crippen molar-refractivity contribution >= 4 is 23.4 Å². The van der Waals surface area contributed by atoms with E-state index in [1.54, 1.807) is 6.33 Å². The second-order valence-corrected chi connectivity index (χ2v) is 7.65. The van der Waals surface area contributed by atoms with Gasteiger partial charge in [0.05, 0.1) is 10.9 Å². The van der Waals surface area contributed by atoms with Crippen LogP contribution in [0.25, 0.3) is 5.69 Å². The molecular formula is C20H22N4OS. The summed E-state index contributed by atoms with van der Waals surface area (Å²) in [5.41, 5.74) is 5.21. The normalized spacial score (nSPS) is 12.0. The number of nitrogens with one attached hydrogen (secondary N) is 1. The number of hydrogen-bond acceptors (Lipinski definition) is 4. The van der Waals surface area contributed by atoms with Gasteiger partial charge in [0, 0.05) is 5.69 Å². The van der Waals surface area contributed by atoms with Crippen molar-refractivity contribution in [3.63, 3.8) is 0 Å². The zero-order valence-electron chi connectivity index (χ0n) is 15.4. The third-order valence-electron chi connectivity index (χ3n) is 4.18. The smallest absolute Gasteiger partial charge is 0.237 e. The summed E-state index contributed by atoms with van der Waals surface area (Å²) in [6.45, 7) is 7.95. The minimum Gasteiger partial charge on any atom is -0.325 e. The van der Waals surface area contributed by atoms with Crippen molar-refractivity contribution in [2.45, 2.75) is 38.1 Å². The van der Waals surface area contributed by atoms with E-state index >= 15 is 0 Å². The van der Waals surface area contributed by atoms with Crippen LogP contribution in [0.4, 0.5) is 5.69 Å². The molecule has 1 heterocycles. The van der Waals surface area contributed by atoms with Crippen molar-refractivity contribution in [2.24, 2.45) is 0 Å². The summed E-state index contributed by atoms with van der Waals surface area (Å²) in [5.74, 6) is -0.0544. The number of amides is 1. The van der Waals surface area contributed by atoms with Crippen molar-refractivity contribution < 1.29 is 4.79 Å². The third-order valence-corrected chi connectivity index (χ3v) is 5.24. The minimum atomic E-state index is -0.303. The number of carbonyl (C=O) groups excluding carboxylic acids is 1. The van der Waals surface area contributed by atoms with E-state index < -0.39 is 0 Å². The molecule has 1 atom stereocenters. The van der Waals surface area contributed by atoms with Crippen molar-refractivity contribution in [1.82, 2.24) is 14.8 Å². The highest BCUT2D eigenvalue weighted by Gasteiger charge is 2.19. The second-order valence-electron chi connectivity index (χ2n) is 6.34. The lowest BCUT2D eigenvalue weighted by Crippen LogP contribution is -2.23. The number of benzene rings is 2. The molecule has 134 valence electrons. The molecule has 0 radical (unpaired) electrons. The molecule has 0 bridgehead atoms. The first kappa shape index (κ1) is 18.2. The van der Waals surface area contributed by atoms with Crippen LogP contribution in [0.3, 0.4) is 0 Å². The highest BCUT2D eigenvalue weighted by atomic mass is 32.2. The average molecular weight is 366 g/mol. The molecule has 0 aliphatic carbocycles. The fourth-order valence-electron chi connectivity index (χ4n) is 2.70. The maximum absolute atomic E-state index is 12.6. The standard InChI is InChI=1S/C20H22N4OS/c1-13-9-10-17(15(3)11-13)22-19(25)16(4)26-20-23-21-12-24(20)18-8-6-5-7-14(18)2/h5-12,16H,1-4H3,(H,22,25). The van der Waals surface area contributed by atoms with Gasteiger partial charge in [-0.15, -0.1) is 10.2 Å². The van der Waals surface area contributed by atoms with E-state index in [9.17, 15) is 4.79 Å². The van der Waals surface area contributed by atoms with E-state index in [1.165, 1.54) is 17.3 Å². The Morgan fingerprint density at radius 1 is 1.12 bits per heavy atom. The predicted octanol–water partition coefficient (Wildman–Crippen LogP) is 4.31. The first-order valence-corrected chi connectivity index (χ1v) is 9.34. The summed E-state index contributed by atoms with van der Waals surface area (Å²) >= 11 is 1.39. The van der Waals surface area contributed by atoms with Gasteiger partial charge in [-0.05, 0) is 51.0 Å². The SMILES string of the molecule is Cc1ccc(NC(=O)C(C)Sc2nncn2-c2ccccc2C)c(C)c1. The minimum absolute atomic E-state index is 0.0544. The van der Waals surface area contributed by atoms with E-state index in [2.05, 4.69) is 21.6 Å². The van der Waals surface area contributed by atoms with Gasteiger partial charge >= 0.3 is 0 Å². The van der Waals surface area contributed by atoms with Gasteiger partial charge in [-0.25, -0.2) is 0 Å². The molecular weight excluding hydrogens is 344 g/mol. The number of thioether (sulfide) groups is 1. The molecule has 3 rings (SSSR count). The zero-order valence-corrected chi connectivity index (χ0v) is 16.2. The van der Waals surface area contributed by atoms with Crippen LogP contribution in [0.15, 0.2) is 53.9 Å². The second kappa shape index (κ2) is 7.74. The number of rotatable bonds is 5. The largest absolute Gasteiger partial charge is 0.325 e. The van der Waals surface area contributed by atoms with Crippen molar-refractivity contribution in [2.75, 3.05) is 5.32 Å². The van der Waals surface area contributed by atoms with Crippen LogP contribution >= 0.6 is 11.8 Å². The lowest BCUT2D eigenvalue weighted by atomic mass is 10.1. The Bertz CT molecular complexity index is 935. The summed E-state index contributed by atoms with van der Waals surface area (Å²) in [6.07, 6.45) is 1.68. The highest BCUT2D eigenvalue weighted by molar-refractivity contribution is 8.00. The predicted molar refractivity (Wildman–Crippen MR) is 106 cm³/mol. The molecule has 1 aromatic heterocycles. The van der Waals surface area contributed by atoms with Crippen LogP contribution in [0.5, 0.6) is 0 Å². The summed E-state index contributed by atoms with van der Waals surface area (Å²) in [7, 11) is 0. The van der Waals surface area contributed by atoms with Gasteiger partial charge in [0.25, 0.3) is 0 Å². The number of hydrogen-bond donors (Lipinski definition) is 1. The Balaban J connectivity index is 1.74. The van der Waals surface area contributed by atoms with Crippen molar-refractivity contribution in [3.8, 4) is 5.69 Å². The fourth-order valence-corrected chi connectivity index (χ4v) is 3.54. The van der Waals surface area contributed by atoms with Gasteiger partial charge in [0.2, 0.25) is 5.91 Å². The van der Waals surface area contributed by atoms with Crippen molar-refractivity contribution in [3.05, 3.63) is 65.5 Å². The van der Waals surface area contributed by atoms with Gasteiger partial charge in [-0.2, -0.15) is 0 Å². The molecule has 2 aromatic carbocycles. The summed E-state index contributed by atoms with van der Waals surface area (Å²) in [5, 5.41) is 11.6. The number of nitrogens with zero attached hydrogens (tertiary/aromatic N) is 3. The van der Waals surface area contributed by atoms with Crippen LogP contribution < -0.4 is 5.32 Å². The number of anilines is 1. The quantitative estimate of drug-likeness (QED) is 0.684. The average Bonchev–Trinajstić information content (AvgIpc) is 3.05. The highest BCUT2D eigenvalue weighted by Crippen LogP contribution is 2.26. The van der Waals surface area contributed by atoms with Crippen LogP contribution in [0.2, 0.25) is 0 Å². The molecule has 0 spiro atoms. The molecule has 0 fully saturated rings. The number of aromatic nitrogens is 3. The zero-order chi connectivity index (χ0) is 18.7. The number of carbonyl (C=O) groups is 1. The van der Waals surface area contributed by atoms with Gasteiger partial charge in [-0.1, -0.05) is 47.7 Å². The van der Waals surface area contributed by atoms with Crippen LogP contribution in [0.1, 0.15) is 23.6 Å². The molecule has 1 N–H and O–H groups in total. The molecule has 5 nitrogen and oxygen atoms in total. The van der Waals surface area contributed by atoms with E-state index in [-0.39, 0.29) is 11.2 Å². The Kier molecular flexibility index (Phi) is 5.42. The van der Waals surface area contributed by atoms with E-state index in [1.807, 2.05) is 68.7 Å². The monoisotopic (exact) mass is 366 g/mol. The first-order valence-electron chi connectivity index (χ1n) is 8.46. The number of para-hydroxylation sites is 1. The lowest BCUT2D eigenvalue weighted by Gasteiger charge is -2.14. The molecule has 1 unspecified atom stereocenters. The number of aryl methyl sites for hydroxylation is 3. The summed E-state index contributed by atoms with van der Waals surface area (Å²) < 4.78 is 1.92. The topological polar surface area (TPSA) is 59.8 Å². The molecule has 1 amide bonds. The molecule has 6 heteroatoms. The molecule has 26 heavy (non-hydrogen) atoms. The first-order chi connectivity index (χ1) is 12.5. The van der Waals surface area contributed by atoms with Gasteiger partial charge < -0.3 is 5.32 Å². The fraction of sp³-hybridized carbons (Fsp3) is 0.250. The molecule has 3 aromatic rings. The van der Waals surface area contributed by atoms with E-state index in [4.69, 9.17) is 0 Å².